The average molecular weight is 409 g/mol. The van der Waals surface area contributed by atoms with Gasteiger partial charge in [0.15, 0.2) is 11.5 Å². The number of thiophene rings is 1. The molecule has 148 valence electrons. The highest BCUT2D eigenvalue weighted by atomic mass is 32.1. The molecule has 0 spiro atoms. The number of amides is 1. The van der Waals surface area contributed by atoms with Crippen LogP contribution >= 0.6 is 11.3 Å². The van der Waals surface area contributed by atoms with Crippen molar-refractivity contribution >= 4 is 28.9 Å². The Kier molecular flexibility index (Phi) is 4.76. The number of carboxylic acid groups (broad SMARTS) is 1. The van der Waals surface area contributed by atoms with Crippen LogP contribution in [0.3, 0.4) is 0 Å². The first kappa shape index (κ1) is 19.0. The number of aryl methyl sites for hydroxylation is 1. The summed E-state index contributed by atoms with van der Waals surface area (Å²) in [6, 6.07) is 12.5. The van der Waals surface area contributed by atoms with Gasteiger partial charge in [-0.1, -0.05) is 35.9 Å². The number of aromatic hydroxyl groups is 1. The average Bonchev–Trinajstić information content (AvgIpc) is 3.07. The van der Waals surface area contributed by atoms with Crippen molar-refractivity contribution in [2.75, 3.05) is 12.4 Å². The number of methoxy groups -OCH3 is 1. The first-order chi connectivity index (χ1) is 13.9. The van der Waals surface area contributed by atoms with Gasteiger partial charge in [-0.3, -0.25) is 4.79 Å². The second-order valence-electron chi connectivity index (χ2n) is 6.95. The maximum atomic E-state index is 12.5. The predicted molar refractivity (Wildman–Crippen MR) is 111 cm³/mol. The van der Waals surface area contributed by atoms with Crippen LogP contribution in [0.5, 0.6) is 11.5 Å². The fourth-order valence-electron chi connectivity index (χ4n) is 3.63. The van der Waals surface area contributed by atoms with E-state index in [-0.39, 0.29) is 28.9 Å². The lowest BCUT2D eigenvalue weighted by molar-refractivity contribution is -0.116. The van der Waals surface area contributed by atoms with Gasteiger partial charge in [0, 0.05) is 22.8 Å². The van der Waals surface area contributed by atoms with E-state index in [1.54, 1.807) is 18.2 Å². The molecule has 3 N–H and O–H groups in total. The highest BCUT2D eigenvalue weighted by Crippen LogP contribution is 2.50. The molecule has 0 unspecified atom stereocenters. The van der Waals surface area contributed by atoms with Crippen molar-refractivity contribution < 1.29 is 24.5 Å². The van der Waals surface area contributed by atoms with E-state index in [4.69, 9.17) is 4.74 Å². The van der Waals surface area contributed by atoms with E-state index in [2.05, 4.69) is 5.32 Å². The molecule has 1 atom stereocenters. The van der Waals surface area contributed by atoms with Crippen LogP contribution in [-0.2, 0) is 4.79 Å². The molecule has 3 aromatic rings. The summed E-state index contributed by atoms with van der Waals surface area (Å²) in [6.07, 6.45) is 0.172. The van der Waals surface area contributed by atoms with Crippen molar-refractivity contribution in [2.45, 2.75) is 19.3 Å². The van der Waals surface area contributed by atoms with E-state index in [0.717, 1.165) is 32.9 Å². The fraction of sp³-hybridized carbons (Fsp3) is 0.182. The van der Waals surface area contributed by atoms with Crippen molar-refractivity contribution in [1.29, 1.82) is 0 Å². The third-order valence-corrected chi connectivity index (χ3v) is 6.34. The molecule has 2 heterocycles. The van der Waals surface area contributed by atoms with Crippen LogP contribution in [0.25, 0.3) is 11.1 Å². The Labute approximate surface area is 171 Å². The van der Waals surface area contributed by atoms with Crippen molar-refractivity contribution in [2.24, 2.45) is 0 Å². The van der Waals surface area contributed by atoms with Crippen molar-refractivity contribution in [3.63, 3.8) is 0 Å². The number of ether oxygens (including phenoxy) is 1. The number of carbonyl (C=O) groups is 2. The van der Waals surface area contributed by atoms with Crippen LogP contribution in [-0.4, -0.2) is 29.2 Å². The summed E-state index contributed by atoms with van der Waals surface area (Å²) in [5.74, 6) is -1.26. The van der Waals surface area contributed by atoms with Gasteiger partial charge in [-0.25, -0.2) is 4.79 Å². The summed E-state index contributed by atoms with van der Waals surface area (Å²) in [5, 5.41) is 22.9. The highest BCUT2D eigenvalue weighted by Gasteiger charge is 2.34. The van der Waals surface area contributed by atoms with Gasteiger partial charge in [-0.15, -0.1) is 11.3 Å². The maximum absolute atomic E-state index is 12.5. The van der Waals surface area contributed by atoms with Gasteiger partial charge >= 0.3 is 5.97 Å². The van der Waals surface area contributed by atoms with E-state index in [9.17, 15) is 19.8 Å². The van der Waals surface area contributed by atoms with Gasteiger partial charge in [-0.2, -0.15) is 0 Å². The second-order valence-corrected chi connectivity index (χ2v) is 8.00. The van der Waals surface area contributed by atoms with Gasteiger partial charge in [-0.05, 0) is 30.2 Å². The lowest BCUT2D eigenvalue weighted by Gasteiger charge is -2.24. The zero-order valence-electron chi connectivity index (χ0n) is 15.9. The quantitative estimate of drug-likeness (QED) is 0.585. The number of hydrogen-bond donors (Lipinski definition) is 3. The van der Waals surface area contributed by atoms with E-state index < -0.39 is 5.97 Å². The van der Waals surface area contributed by atoms with Crippen LogP contribution in [0.2, 0.25) is 0 Å². The van der Waals surface area contributed by atoms with E-state index in [0.29, 0.717) is 17.0 Å². The highest BCUT2D eigenvalue weighted by molar-refractivity contribution is 7.15. The van der Waals surface area contributed by atoms with E-state index in [1.807, 2.05) is 31.2 Å². The third-order valence-electron chi connectivity index (χ3n) is 5.05. The first-order valence-electron chi connectivity index (χ1n) is 9.02. The minimum atomic E-state index is -1.04. The lowest BCUT2D eigenvalue weighted by Crippen LogP contribution is -2.22. The van der Waals surface area contributed by atoms with E-state index in [1.165, 1.54) is 7.11 Å². The van der Waals surface area contributed by atoms with Crippen molar-refractivity contribution in [1.82, 2.24) is 0 Å². The standard InChI is InChI=1S/C22H19NO5S/c1-11-3-5-12(6-4-11)18-19-20(29-21(18)22(26)27)14(10-17(25)23-19)13-7-8-16(28-2)15(24)9-13/h3-9,14,24H,10H2,1-2H3,(H,23,25)(H,26,27)/t14-/m1/s1. The maximum Gasteiger partial charge on any atom is 0.346 e. The van der Waals surface area contributed by atoms with E-state index >= 15 is 0 Å². The third kappa shape index (κ3) is 3.34. The lowest BCUT2D eigenvalue weighted by atomic mass is 9.88. The summed E-state index contributed by atoms with van der Waals surface area (Å²) in [4.78, 5) is 25.4. The molecule has 0 saturated carbocycles. The Hall–Kier alpha value is -3.32. The molecule has 0 fully saturated rings. The molecular formula is C22H19NO5S. The van der Waals surface area contributed by atoms with Gasteiger partial charge in [0.1, 0.15) is 4.88 Å². The molecular weight excluding hydrogens is 390 g/mol. The second kappa shape index (κ2) is 7.25. The largest absolute Gasteiger partial charge is 0.504 e. The SMILES string of the molecule is COc1ccc([C@H]2CC(=O)Nc3c2sc(C(=O)O)c3-c2ccc(C)cc2)cc1O. The topological polar surface area (TPSA) is 95.9 Å². The molecule has 7 heteroatoms. The number of phenolic OH excluding ortho intramolecular Hbond substituents is 1. The number of hydrogen-bond acceptors (Lipinski definition) is 5. The zero-order chi connectivity index (χ0) is 20.7. The minimum Gasteiger partial charge on any atom is -0.504 e. The number of aromatic carboxylic acids is 1. The monoisotopic (exact) mass is 409 g/mol. The zero-order valence-corrected chi connectivity index (χ0v) is 16.7. The van der Waals surface area contributed by atoms with Crippen LogP contribution in [0.1, 0.15) is 38.0 Å². The molecule has 6 nitrogen and oxygen atoms in total. The Balaban J connectivity index is 1.90. The molecule has 2 aromatic carbocycles. The van der Waals surface area contributed by atoms with Gasteiger partial charge in [0.25, 0.3) is 0 Å². The number of carboxylic acids is 1. The number of nitrogens with one attached hydrogen (secondary N) is 1. The normalized spacial score (nSPS) is 15.5. The molecule has 0 saturated heterocycles. The Bertz CT molecular complexity index is 1120. The van der Waals surface area contributed by atoms with Crippen LogP contribution in [0.15, 0.2) is 42.5 Å². The minimum absolute atomic E-state index is 0.0219. The number of benzene rings is 2. The van der Waals surface area contributed by atoms with Crippen LogP contribution in [0, 0.1) is 6.92 Å². The molecule has 0 aliphatic carbocycles. The first-order valence-corrected chi connectivity index (χ1v) is 9.84. The molecule has 29 heavy (non-hydrogen) atoms. The number of carbonyl (C=O) groups excluding carboxylic acids is 1. The molecule has 0 bridgehead atoms. The summed E-state index contributed by atoms with van der Waals surface area (Å²) in [6.45, 7) is 1.96. The van der Waals surface area contributed by atoms with Gasteiger partial charge in [0.2, 0.25) is 5.91 Å². The molecule has 0 radical (unpaired) electrons. The fourth-order valence-corrected chi connectivity index (χ4v) is 4.87. The van der Waals surface area contributed by atoms with Crippen molar-refractivity contribution in [3.8, 4) is 22.6 Å². The number of phenols is 1. The smallest absolute Gasteiger partial charge is 0.346 e. The molecule has 1 aliphatic rings. The number of fused-ring (bicyclic) bond motifs is 1. The number of rotatable bonds is 4. The Morgan fingerprint density at radius 1 is 1.21 bits per heavy atom. The molecule has 1 aliphatic heterocycles. The van der Waals surface area contributed by atoms with Crippen LogP contribution < -0.4 is 10.1 Å². The van der Waals surface area contributed by atoms with Gasteiger partial charge < -0.3 is 20.3 Å². The molecule has 1 amide bonds. The summed E-state index contributed by atoms with van der Waals surface area (Å²) in [5.41, 5.74) is 3.59. The van der Waals surface area contributed by atoms with Crippen molar-refractivity contribution in [3.05, 3.63) is 63.3 Å². The summed E-state index contributed by atoms with van der Waals surface area (Å²) >= 11 is 1.16. The predicted octanol–water partition coefficient (Wildman–Crippen LogP) is 4.61. The Morgan fingerprint density at radius 3 is 2.55 bits per heavy atom. The molecule has 1 aromatic heterocycles. The number of anilines is 1. The summed E-state index contributed by atoms with van der Waals surface area (Å²) < 4.78 is 5.10. The van der Waals surface area contributed by atoms with Crippen LogP contribution in [0.4, 0.5) is 5.69 Å². The van der Waals surface area contributed by atoms with Gasteiger partial charge in [0.05, 0.1) is 12.8 Å². The molecule has 4 rings (SSSR count). The summed E-state index contributed by atoms with van der Waals surface area (Å²) in [7, 11) is 1.47. The Morgan fingerprint density at radius 2 is 1.93 bits per heavy atom.